The van der Waals surface area contributed by atoms with Gasteiger partial charge in [0.15, 0.2) is 5.69 Å². The fourth-order valence-electron chi connectivity index (χ4n) is 1.81. The summed E-state index contributed by atoms with van der Waals surface area (Å²) in [5.41, 5.74) is 0.427. The zero-order chi connectivity index (χ0) is 16.2. The molecule has 0 spiro atoms. The van der Waals surface area contributed by atoms with Crippen LogP contribution in [0.15, 0.2) is 46.6 Å². The van der Waals surface area contributed by atoms with Gasteiger partial charge in [-0.2, -0.15) is 4.68 Å². The molecule has 0 saturated carbocycles. The number of halogens is 1. The summed E-state index contributed by atoms with van der Waals surface area (Å²) in [5, 5.41) is 13.4. The van der Waals surface area contributed by atoms with Gasteiger partial charge in [0.2, 0.25) is 5.95 Å². The molecule has 3 aromatic rings. The largest absolute Gasteiger partial charge is 0.333 e. The highest BCUT2D eigenvalue weighted by Crippen LogP contribution is 2.16. The van der Waals surface area contributed by atoms with Crippen LogP contribution in [-0.4, -0.2) is 14.9 Å². The summed E-state index contributed by atoms with van der Waals surface area (Å²) in [4.78, 5) is 13.2. The van der Waals surface area contributed by atoms with Gasteiger partial charge in [-0.05, 0) is 47.9 Å². The van der Waals surface area contributed by atoms with Crippen LogP contribution in [0.1, 0.15) is 10.6 Å². The van der Waals surface area contributed by atoms with Crippen molar-refractivity contribution in [2.45, 2.75) is 0 Å². The Bertz CT molecular complexity index is 887. The molecule has 116 valence electrons. The first-order valence-corrected chi connectivity index (χ1v) is 7.88. The van der Waals surface area contributed by atoms with E-state index in [4.69, 9.17) is 17.4 Å². The minimum absolute atomic E-state index is 0.144. The van der Waals surface area contributed by atoms with Crippen molar-refractivity contribution in [3.05, 3.63) is 67.7 Å². The predicted molar refractivity (Wildman–Crippen MR) is 94.4 cm³/mol. The lowest BCUT2D eigenvalue weighted by Gasteiger charge is -2.09. The smallest absolute Gasteiger partial charge is 0.299 e. The number of benzene rings is 1. The number of hydrogen-bond donors (Lipinski definition) is 2. The van der Waals surface area contributed by atoms with Gasteiger partial charge in [0, 0.05) is 15.6 Å². The molecule has 0 bridgehead atoms. The first-order valence-electron chi connectivity index (χ1n) is 6.62. The molecule has 0 aliphatic rings. The summed E-state index contributed by atoms with van der Waals surface area (Å²) in [6, 6.07) is 10.8. The van der Waals surface area contributed by atoms with E-state index in [1.807, 2.05) is 17.5 Å². The van der Waals surface area contributed by atoms with Crippen LogP contribution in [0.5, 0.6) is 0 Å². The summed E-state index contributed by atoms with van der Waals surface area (Å²) >= 11 is 7.39. The third kappa shape index (κ3) is 3.58. The molecule has 3 rings (SSSR count). The Hall–Kier alpha value is -2.64. The molecule has 0 amide bonds. The van der Waals surface area contributed by atoms with Gasteiger partial charge >= 0.3 is 0 Å². The van der Waals surface area contributed by atoms with Gasteiger partial charge in [0.25, 0.3) is 5.56 Å². The van der Waals surface area contributed by atoms with E-state index >= 15 is 0 Å². The summed E-state index contributed by atoms with van der Waals surface area (Å²) in [6.45, 7) is 0. The molecular weight excluding hydrogens is 334 g/mol. The molecule has 1 aromatic carbocycles. The van der Waals surface area contributed by atoms with Crippen molar-refractivity contribution < 1.29 is 0 Å². The van der Waals surface area contributed by atoms with Crippen LogP contribution in [0.25, 0.3) is 12.2 Å². The van der Waals surface area contributed by atoms with Gasteiger partial charge in [-0.1, -0.05) is 17.7 Å². The van der Waals surface area contributed by atoms with E-state index in [2.05, 4.69) is 15.5 Å². The predicted octanol–water partition coefficient (Wildman–Crippen LogP) is 2.98. The molecule has 0 saturated heterocycles. The van der Waals surface area contributed by atoms with Crippen molar-refractivity contribution in [1.82, 2.24) is 14.9 Å². The van der Waals surface area contributed by atoms with Gasteiger partial charge in [-0.25, -0.2) is 0 Å². The molecule has 0 aliphatic carbocycles. The number of nitrogens with two attached hydrogens (primary N) is 1. The molecule has 0 radical (unpaired) electrons. The molecule has 2 heterocycles. The molecule has 0 unspecified atom stereocenters. The average Bonchev–Trinajstić information content (AvgIpc) is 3.07. The number of thiophene rings is 1. The lowest BCUT2D eigenvalue weighted by molar-refractivity contribution is 0.828. The van der Waals surface area contributed by atoms with Crippen molar-refractivity contribution in [3.63, 3.8) is 0 Å². The zero-order valence-corrected chi connectivity index (χ0v) is 13.4. The SMILES string of the molecule is Nn1c(Nc2ccc(Cl)cc2)nnc(/C=C\c2cccs2)c1=O. The third-order valence-electron chi connectivity index (χ3n) is 2.97. The number of rotatable bonds is 4. The Morgan fingerprint density at radius 3 is 2.65 bits per heavy atom. The van der Waals surface area contributed by atoms with E-state index in [0.717, 1.165) is 9.55 Å². The van der Waals surface area contributed by atoms with Crippen LogP contribution >= 0.6 is 22.9 Å². The molecule has 23 heavy (non-hydrogen) atoms. The van der Waals surface area contributed by atoms with Crippen molar-refractivity contribution in [1.29, 1.82) is 0 Å². The van der Waals surface area contributed by atoms with Crippen LogP contribution in [0.4, 0.5) is 11.6 Å². The second-order valence-electron chi connectivity index (χ2n) is 4.56. The van der Waals surface area contributed by atoms with Crippen molar-refractivity contribution in [2.24, 2.45) is 0 Å². The second-order valence-corrected chi connectivity index (χ2v) is 5.98. The monoisotopic (exact) mass is 345 g/mol. The van der Waals surface area contributed by atoms with Gasteiger partial charge in [0.05, 0.1) is 0 Å². The molecular formula is C15H12ClN5OS. The van der Waals surface area contributed by atoms with Crippen LogP contribution < -0.4 is 16.7 Å². The molecule has 0 atom stereocenters. The van der Waals surface area contributed by atoms with Crippen LogP contribution in [0, 0.1) is 0 Å². The quantitative estimate of drug-likeness (QED) is 0.710. The second kappa shape index (κ2) is 6.64. The number of hydrogen-bond acceptors (Lipinski definition) is 6. The summed E-state index contributed by atoms with van der Waals surface area (Å²) in [5.74, 6) is 5.94. The Kier molecular flexibility index (Phi) is 4.40. The summed E-state index contributed by atoms with van der Waals surface area (Å²) in [6.07, 6.45) is 3.39. The summed E-state index contributed by atoms with van der Waals surface area (Å²) in [7, 11) is 0. The highest BCUT2D eigenvalue weighted by molar-refractivity contribution is 7.10. The fraction of sp³-hybridized carbons (Fsp3) is 0. The lowest BCUT2D eigenvalue weighted by atomic mass is 10.3. The molecule has 2 aromatic heterocycles. The van der Waals surface area contributed by atoms with Crippen LogP contribution in [-0.2, 0) is 0 Å². The normalized spacial score (nSPS) is 11.0. The average molecular weight is 346 g/mol. The maximum Gasteiger partial charge on any atom is 0.299 e. The standard InChI is InChI=1S/C15H12ClN5OS/c16-10-3-5-11(6-4-10)18-15-20-19-13(14(22)21(15)17)8-7-12-2-1-9-23-12/h1-9H,17H2,(H,18,20)/b8-7-. The van der Waals surface area contributed by atoms with Crippen molar-refractivity contribution >= 4 is 46.7 Å². The number of aromatic nitrogens is 3. The first-order chi connectivity index (χ1) is 11.1. The van der Waals surface area contributed by atoms with E-state index in [1.165, 1.54) is 0 Å². The van der Waals surface area contributed by atoms with Crippen LogP contribution in [0.3, 0.4) is 0 Å². The third-order valence-corrected chi connectivity index (χ3v) is 4.06. The lowest BCUT2D eigenvalue weighted by Crippen LogP contribution is -2.32. The Balaban J connectivity index is 1.85. The minimum Gasteiger partial charge on any atom is -0.333 e. The number of nitrogens with one attached hydrogen (secondary N) is 1. The molecule has 8 heteroatoms. The molecule has 0 aliphatic heterocycles. The van der Waals surface area contributed by atoms with Crippen molar-refractivity contribution in [2.75, 3.05) is 11.2 Å². The number of nitrogens with zero attached hydrogens (tertiary/aromatic N) is 3. The van der Waals surface area contributed by atoms with E-state index in [9.17, 15) is 4.79 Å². The fourth-order valence-corrected chi connectivity index (χ4v) is 2.56. The van der Waals surface area contributed by atoms with Crippen molar-refractivity contribution in [3.8, 4) is 0 Å². The number of anilines is 2. The van der Waals surface area contributed by atoms with Gasteiger partial charge in [-0.3, -0.25) is 4.79 Å². The Morgan fingerprint density at radius 1 is 1.17 bits per heavy atom. The summed E-state index contributed by atoms with van der Waals surface area (Å²) < 4.78 is 0.926. The zero-order valence-electron chi connectivity index (χ0n) is 11.8. The molecule has 3 N–H and O–H groups in total. The van der Waals surface area contributed by atoms with Gasteiger partial charge in [0.1, 0.15) is 0 Å². The minimum atomic E-state index is -0.440. The van der Waals surface area contributed by atoms with E-state index in [0.29, 0.717) is 10.7 Å². The molecule has 6 nitrogen and oxygen atoms in total. The van der Waals surface area contributed by atoms with E-state index < -0.39 is 5.56 Å². The van der Waals surface area contributed by atoms with E-state index in [1.54, 1.807) is 47.8 Å². The maximum absolute atomic E-state index is 12.2. The Labute approximate surface area is 140 Å². The topological polar surface area (TPSA) is 85.8 Å². The highest BCUT2D eigenvalue weighted by atomic mass is 35.5. The Morgan fingerprint density at radius 2 is 1.96 bits per heavy atom. The maximum atomic E-state index is 12.2. The highest BCUT2D eigenvalue weighted by Gasteiger charge is 2.08. The van der Waals surface area contributed by atoms with Crippen LogP contribution in [0.2, 0.25) is 5.02 Å². The number of nitrogen functional groups attached to an aromatic ring is 1. The van der Waals surface area contributed by atoms with Gasteiger partial charge in [-0.15, -0.1) is 21.5 Å². The first kappa shape index (κ1) is 15.3. The molecule has 0 fully saturated rings. The van der Waals surface area contributed by atoms with Gasteiger partial charge < -0.3 is 11.2 Å². The van der Waals surface area contributed by atoms with E-state index in [-0.39, 0.29) is 11.6 Å².